The molecular weight excluding hydrogens is 1160 g/mol. The molecule has 0 radical (unpaired) electrons. The second kappa shape index (κ2) is 24.1. The summed E-state index contributed by atoms with van der Waals surface area (Å²) in [6, 6.07) is 0. The number of carbonyl (C=O) groups is 7. The van der Waals surface area contributed by atoms with Gasteiger partial charge in [0.05, 0.1) is 30.0 Å². The van der Waals surface area contributed by atoms with Crippen LogP contribution in [0.25, 0.3) is 0 Å². The Morgan fingerprint density at radius 1 is 0.636 bits per heavy atom. The van der Waals surface area contributed by atoms with Gasteiger partial charge in [-0.05, 0) is 118 Å². The van der Waals surface area contributed by atoms with Gasteiger partial charge in [-0.3, -0.25) is 14.4 Å². The number of methoxy groups -OCH3 is 2. The monoisotopic (exact) mass is 1250 g/mol. The summed E-state index contributed by atoms with van der Waals surface area (Å²) in [5.74, 6) is -3.44. The summed E-state index contributed by atoms with van der Waals surface area (Å²) in [5, 5.41) is 21.2. The fourth-order valence-electron chi connectivity index (χ4n) is 18.7. The third-order valence-electron chi connectivity index (χ3n) is 22.5. The van der Waals surface area contributed by atoms with Gasteiger partial charge in [-0.2, -0.15) is 0 Å². The van der Waals surface area contributed by atoms with Gasteiger partial charge in [-0.1, -0.05) is 93.9 Å². The van der Waals surface area contributed by atoms with Crippen molar-refractivity contribution >= 4 is 53.5 Å². The minimum absolute atomic E-state index is 0.0569. The molecule has 6 aliphatic carbocycles. The number of fused-ring (bicyclic) bond motifs is 6. The SMILES string of the molecule is CCCCOC(=O)/C=C1\[C@]2(C(OCCCC)OCCCC)O[C@@H]2[C@H]2OC(=O)[C@@]3(C)CCC[C@@]1(C)[C@@H]23.COC(=O)/C=C/[C@@]12O[C@@H]1[C@H]1OC(=O)[C@@]3(C)CCC[C@](C)(/C2=C/C(=O)O)[C@@H]13.CO[C@H]1OC(=O)C=C2C1(SC(C)C)[C@H](O)[C@H]1OC(=O)[C@@]3(C)CCC[C@@]2(C)[C@@H]13. The number of carbonyl (C=O) groups excluding carboxylic acids is 6. The number of aliphatic hydroxyl groups excluding tert-OH is 1. The molecule has 19 atom stereocenters. The Morgan fingerprint density at radius 3 is 1.64 bits per heavy atom. The molecule has 0 amide bonds. The summed E-state index contributed by atoms with van der Waals surface area (Å²) in [4.78, 5) is 87.1. The van der Waals surface area contributed by atoms with E-state index >= 15 is 0 Å². The van der Waals surface area contributed by atoms with Crippen molar-refractivity contribution in [3.8, 4) is 0 Å². The number of rotatable bonds is 19. The largest absolute Gasteiger partial charge is 0.478 e. The van der Waals surface area contributed by atoms with Crippen LogP contribution in [0.15, 0.2) is 47.1 Å². The molecule has 0 aromatic heterocycles. The number of hydrogen-bond acceptors (Lipinski definition) is 20. The summed E-state index contributed by atoms with van der Waals surface area (Å²) in [7, 11) is 2.75. The second-order valence-corrected chi connectivity index (χ2v) is 30.2. The number of epoxide rings is 2. The van der Waals surface area contributed by atoms with Gasteiger partial charge in [0.25, 0.3) is 0 Å². The van der Waals surface area contributed by atoms with E-state index < -0.39 is 103 Å². The van der Waals surface area contributed by atoms with E-state index in [2.05, 4.69) is 39.4 Å². The van der Waals surface area contributed by atoms with Crippen molar-refractivity contribution in [3.63, 3.8) is 0 Å². The Morgan fingerprint density at radius 2 is 1.12 bits per heavy atom. The van der Waals surface area contributed by atoms with Crippen LogP contribution in [0.1, 0.15) is 172 Å². The van der Waals surface area contributed by atoms with E-state index in [0.29, 0.717) is 25.4 Å². The average molecular weight is 1250 g/mol. The molecule has 2 N–H and O–H groups in total. The normalized spacial score (nSPS) is 44.1. The molecule has 6 saturated carbocycles. The quantitative estimate of drug-likeness (QED) is 0.0305. The number of thioether (sulfide) groups is 1. The molecule has 0 aromatic carbocycles. The smallest absolute Gasteiger partial charge is 0.333 e. The molecule has 0 aromatic rings. The molecule has 12 aliphatic rings. The standard InChI is InChI=1S/C28H44O7.C20H28O6S.C19H22O7/c1-6-9-15-31-20(29)18-19-26(4)13-12-14-27(5)22(26)21(34-24(27)30)23-28(19,35-23)25(32-16-10-7-2)33-17-11-8-3;1-10(2)27-20-11(9-12(21)25-17(20)24-5)18(3)7-6-8-19(4)14(18)13(15(20)22)26-16(19)23;1-17-6-4-7-18(2)14(17)13(25-16(18)23)15-19(26-15,8-5-12(22)24-3)10(17)9-11(20)21/h18,21-23,25H,6-17H2,1-5H3;9-10,13-15,17,22H,6-8H2,1-5H3;5,8-9,13-15H,4,6-7H2,1-3H3,(H,20,21)/b19-18-;;8-5+,10-9-/t21-,22+,23+,26+,27-,28-;13-,14+,15+,17-,18+,19-,20?;13-,14+,15+,17+,18-,19-/m000/s1. The third kappa shape index (κ3) is 10.2. The van der Waals surface area contributed by atoms with Crippen molar-refractivity contribution in [2.24, 2.45) is 50.2 Å². The third-order valence-corrected chi connectivity index (χ3v) is 24.1. The van der Waals surface area contributed by atoms with Crippen LogP contribution in [-0.4, -0.2) is 156 Å². The zero-order valence-corrected chi connectivity index (χ0v) is 54.5. The average Bonchev–Trinajstić information content (AvgIpc) is 1.64. The van der Waals surface area contributed by atoms with Crippen molar-refractivity contribution < 1.29 is 95.9 Å². The fraction of sp³-hybridized carbons (Fsp3) is 0.776. The molecule has 6 aliphatic heterocycles. The van der Waals surface area contributed by atoms with E-state index in [1.807, 2.05) is 41.5 Å². The van der Waals surface area contributed by atoms with E-state index in [9.17, 15) is 43.8 Å². The van der Waals surface area contributed by atoms with Crippen molar-refractivity contribution in [3.05, 3.63) is 47.1 Å². The maximum Gasteiger partial charge on any atom is 0.333 e. The highest BCUT2D eigenvalue weighted by atomic mass is 32.2. The number of ether oxygens (including phenoxy) is 11. The van der Waals surface area contributed by atoms with E-state index in [-0.39, 0.29) is 59.1 Å². The number of aliphatic carboxylic acids is 1. The lowest BCUT2D eigenvalue weighted by Crippen LogP contribution is -2.70. The van der Waals surface area contributed by atoms with Gasteiger partial charge in [0, 0.05) is 67.6 Å². The van der Waals surface area contributed by atoms with Crippen molar-refractivity contribution in [1.29, 1.82) is 0 Å². The topological polar surface area (TPSA) is 268 Å². The molecule has 488 valence electrons. The lowest BCUT2D eigenvalue weighted by atomic mass is 9.47. The van der Waals surface area contributed by atoms with E-state index in [0.717, 1.165) is 107 Å². The molecule has 21 heteroatoms. The maximum atomic E-state index is 13.1. The van der Waals surface area contributed by atoms with Crippen molar-refractivity contribution in [2.45, 2.75) is 243 Å². The first kappa shape index (κ1) is 66.3. The van der Waals surface area contributed by atoms with Crippen LogP contribution in [-0.2, 0) is 85.7 Å². The van der Waals surface area contributed by atoms with E-state index in [4.69, 9.17) is 47.4 Å². The molecule has 5 saturated heterocycles. The van der Waals surface area contributed by atoms with Crippen LogP contribution < -0.4 is 0 Å². The Bertz CT molecular complexity index is 2910. The highest BCUT2D eigenvalue weighted by Crippen LogP contribution is 2.74. The highest BCUT2D eigenvalue weighted by molar-refractivity contribution is 8.01. The van der Waals surface area contributed by atoms with E-state index in [1.165, 1.54) is 38.1 Å². The summed E-state index contributed by atoms with van der Waals surface area (Å²) in [6.07, 6.45) is 15.1. The van der Waals surface area contributed by atoms with Crippen molar-refractivity contribution in [2.75, 3.05) is 34.0 Å². The molecule has 1 unspecified atom stereocenters. The molecule has 6 heterocycles. The van der Waals surface area contributed by atoms with Gasteiger partial charge < -0.3 is 62.3 Å². The summed E-state index contributed by atoms with van der Waals surface area (Å²) < 4.78 is 63.0. The maximum absolute atomic E-state index is 13.1. The predicted molar refractivity (Wildman–Crippen MR) is 318 cm³/mol. The number of aliphatic hydroxyl groups is 1. The molecule has 0 spiro atoms. The molecular formula is C67H94O20S. The first-order valence-corrected chi connectivity index (χ1v) is 33.1. The summed E-state index contributed by atoms with van der Waals surface area (Å²) >= 11 is 1.53. The van der Waals surface area contributed by atoms with Crippen LogP contribution in [0.2, 0.25) is 0 Å². The summed E-state index contributed by atoms with van der Waals surface area (Å²) in [5.41, 5.74) is -2.99. The molecule has 12 rings (SSSR count). The number of unbranched alkanes of at least 4 members (excludes halogenated alkanes) is 3. The van der Waals surface area contributed by atoms with E-state index in [1.54, 1.807) is 18.2 Å². The van der Waals surface area contributed by atoms with Gasteiger partial charge in [0.1, 0.15) is 47.0 Å². The van der Waals surface area contributed by atoms with Gasteiger partial charge in [0.15, 0.2) is 11.9 Å². The first-order chi connectivity index (χ1) is 41.6. The van der Waals surface area contributed by atoms with Gasteiger partial charge in [-0.15, -0.1) is 11.8 Å². The molecule has 0 bridgehead atoms. The zero-order chi connectivity index (χ0) is 64.0. The predicted octanol–water partition coefficient (Wildman–Crippen LogP) is 9.16. The Labute approximate surface area is 521 Å². The van der Waals surface area contributed by atoms with Crippen LogP contribution in [0, 0.1) is 50.2 Å². The van der Waals surface area contributed by atoms with Gasteiger partial charge >= 0.3 is 41.8 Å². The second-order valence-electron chi connectivity index (χ2n) is 28.4. The fourth-order valence-corrected chi connectivity index (χ4v) is 20.5. The Balaban J connectivity index is 0.000000148. The minimum atomic E-state index is -1.07. The van der Waals surface area contributed by atoms with Gasteiger partial charge in [-0.25, -0.2) is 19.2 Å². The number of carboxylic acid groups (broad SMARTS) is 1. The van der Waals surface area contributed by atoms with Crippen molar-refractivity contribution in [1.82, 2.24) is 0 Å². The lowest BCUT2D eigenvalue weighted by Gasteiger charge is -2.61. The number of hydrogen-bond donors (Lipinski definition) is 2. The number of cyclic esters (lactones) is 1. The van der Waals surface area contributed by atoms with Crippen LogP contribution in [0.5, 0.6) is 0 Å². The highest BCUT2D eigenvalue weighted by Gasteiger charge is 2.83. The molecule has 20 nitrogen and oxygen atoms in total. The summed E-state index contributed by atoms with van der Waals surface area (Å²) in [6.45, 7) is 24.0. The zero-order valence-electron chi connectivity index (χ0n) is 53.7. The van der Waals surface area contributed by atoms with Crippen LogP contribution in [0.4, 0.5) is 0 Å². The van der Waals surface area contributed by atoms with Gasteiger partial charge in [0.2, 0.25) is 6.29 Å². The Kier molecular flexibility index (Phi) is 18.2. The minimum Gasteiger partial charge on any atom is -0.478 e. The van der Waals surface area contributed by atoms with Crippen LogP contribution in [0.3, 0.4) is 0 Å². The molecule has 11 fully saturated rings. The Hall–Kier alpha value is -4.64. The number of carboxylic acids is 1. The number of esters is 6. The molecule has 88 heavy (non-hydrogen) atoms. The lowest BCUT2D eigenvalue weighted by molar-refractivity contribution is -0.201. The van der Waals surface area contributed by atoms with Crippen LogP contribution >= 0.6 is 11.8 Å². The first-order valence-electron chi connectivity index (χ1n) is 32.3.